The lowest BCUT2D eigenvalue weighted by molar-refractivity contribution is 0.415. The molecular formula is C21H18N4O. The van der Waals surface area contributed by atoms with Gasteiger partial charge in [-0.3, -0.25) is 5.43 Å². The molecule has 4 rings (SSSR count). The minimum Gasteiger partial charge on any atom is -0.497 e. The molecule has 26 heavy (non-hydrogen) atoms. The van der Waals surface area contributed by atoms with Gasteiger partial charge >= 0.3 is 0 Å². The molecule has 1 N–H and O–H groups in total. The first-order valence-electron chi connectivity index (χ1n) is 8.33. The Balaban J connectivity index is 1.58. The number of ether oxygens (including phenoxy) is 1. The molecule has 2 aromatic heterocycles. The second kappa shape index (κ2) is 6.80. The van der Waals surface area contributed by atoms with Gasteiger partial charge in [-0.2, -0.15) is 5.10 Å². The number of para-hydroxylation sites is 1. The summed E-state index contributed by atoms with van der Waals surface area (Å²) >= 11 is 0. The summed E-state index contributed by atoms with van der Waals surface area (Å²) in [5.74, 6) is 1.46. The van der Waals surface area contributed by atoms with Crippen LogP contribution in [0.3, 0.4) is 0 Å². The van der Waals surface area contributed by atoms with E-state index in [2.05, 4.69) is 27.4 Å². The van der Waals surface area contributed by atoms with Crippen LogP contribution >= 0.6 is 0 Å². The molecule has 5 nitrogen and oxygen atoms in total. The molecule has 2 heterocycles. The molecule has 0 spiro atoms. The lowest BCUT2D eigenvalue weighted by Gasteiger charge is -2.07. The van der Waals surface area contributed by atoms with Crippen molar-refractivity contribution in [3.63, 3.8) is 0 Å². The Kier molecular flexibility index (Phi) is 4.19. The molecule has 0 unspecified atom stereocenters. The summed E-state index contributed by atoms with van der Waals surface area (Å²) in [6, 6.07) is 19.8. The van der Waals surface area contributed by atoms with Gasteiger partial charge in [-0.1, -0.05) is 24.3 Å². The zero-order chi connectivity index (χ0) is 17.9. The number of nitrogens with one attached hydrogen (secondary N) is 1. The van der Waals surface area contributed by atoms with Crippen LogP contribution in [-0.2, 0) is 0 Å². The molecule has 0 saturated heterocycles. The van der Waals surface area contributed by atoms with E-state index in [0.717, 1.165) is 38.8 Å². The number of anilines is 1. The summed E-state index contributed by atoms with van der Waals surface area (Å²) in [6.45, 7) is 2.05. The van der Waals surface area contributed by atoms with E-state index in [0.29, 0.717) is 5.82 Å². The van der Waals surface area contributed by atoms with Crippen molar-refractivity contribution in [2.75, 3.05) is 12.5 Å². The van der Waals surface area contributed by atoms with Gasteiger partial charge in [0.2, 0.25) is 0 Å². The number of nitrogens with zero attached hydrogens (tertiary/aromatic N) is 3. The molecule has 4 aromatic rings. The van der Waals surface area contributed by atoms with Gasteiger partial charge in [0.05, 0.1) is 30.1 Å². The fourth-order valence-electron chi connectivity index (χ4n) is 2.88. The molecule has 0 aliphatic carbocycles. The van der Waals surface area contributed by atoms with Crippen molar-refractivity contribution in [3.05, 3.63) is 71.9 Å². The Morgan fingerprint density at radius 2 is 1.85 bits per heavy atom. The summed E-state index contributed by atoms with van der Waals surface area (Å²) in [5.41, 5.74) is 6.71. The van der Waals surface area contributed by atoms with Crippen molar-refractivity contribution >= 4 is 33.8 Å². The molecule has 0 saturated carbocycles. The molecule has 0 fully saturated rings. The van der Waals surface area contributed by atoms with Crippen LogP contribution in [0.15, 0.2) is 65.8 Å². The minimum atomic E-state index is 0.681. The van der Waals surface area contributed by atoms with Crippen LogP contribution in [0, 0.1) is 6.92 Å². The summed E-state index contributed by atoms with van der Waals surface area (Å²) in [4.78, 5) is 9.17. The highest BCUT2D eigenvalue weighted by molar-refractivity contribution is 5.86. The molecule has 0 aliphatic heterocycles. The van der Waals surface area contributed by atoms with Crippen LogP contribution in [0.25, 0.3) is 21.8 Å². The second-order valence-corrected chi connectivity index (χ2v) is 6.01. The van der Waals surface area contributed by atoms with E-state index in [1.165, 1.54) is 0 Å². The van der Waals surface area contributed by atoms with Gasteiger partial charge in [0.15, 0.2) is 0 Å². The van der Waals surface area contributed by atoms with Gasteiger partial charge in [-0.15, -0.1) is 0 Å². The van der Waals surface area contributed by atoms with Crippen LogP contribution in [0.4, 0.5) is 5.82 Å². The zero-order valence-electron chi connectivity index (χ0n) is 14.6. The van der Waals surface area contributed by atoms with E-state index in [-0.39, 0.29) is 0 Å². The molecule has 2 aromatic carbocycles. The molecule has 128 valence electrons. The maximum atomic E-state index is 5.28. The number of benzene rings is 2. The average molecular weight is 342 g/mol. The van der Waals surface area contributed by atoms with E-state index in [1.807, 2.05) is 60.7 Å². The van der Waals surface area contributed by atoms with Crippen LogP contribution < -0.4 is 10.2 Å². The van der Waals surface area contributed by atoms with Gasteiger partial charge in [0, 0.05) is 16.8 Å². The molecule has 0 atom stereocenters. The first kappa shape index (κ1) is 16.0. The van der Waals surface area contributed by atoms with Gasteiger partial charge in [0.1, 0.15) is 11.6 Å². The van der Waals surface area contributed by atoms with Crippen LogP contribution in [0.5, 0.6) is 5.75 Å². The standard InChI is InChI=1S/C21H18N4O/c1-14-11-21(24-20-12-17(26-2)9-10-18(14)20)25-22-13-16-8-7-15-5-3-4-6-19(15)23-16/h3-13H,1-2H3,(H,24,25). The molecular weight excluding hydrogens is 324 g/mol. The van der Waals surface area contributed by atoms with E-state index < -0.39 is 0 Å². The first-order chi connectivity index (χ1) is 12.7. The number of fused-ring (bicyclic) bond motifs is 2. The number of hydrazone groups is 1. The van der Waals surface area contributed by atoms with E-state index in [4.69, 9.17) is 4.74 Å². The number of hydrogen-bond acceptors (Lipinski definition) is 5. The molecule has 0 bridgehead atoms. The Labute approximate surface area is 151 Å². The minimum absolute atomic E-state index is 0.681. The third kappa shape index (κ3) is 3.19. The molecule has 0 aliphatic rings. The third-order valence-corrected chi connectivity index (χ3v) is 4.22. The quantitative estimate of drug-likeness (QED) is 0.437. The Morgan fingerprint density at radius 3 is 2.73 bits per heavy atom. The van der Waals surface area contributed by atoms with Crippen molar-refractivity contribution in [2.24, 2.45) is 5.10 Å². The van der Waals surface area contributed by atoms with Gasteiger partial charge in [-0.25, -0.2) is 9.97 Å². The van der Waals surface area contributed by atoms with Gasteiger partial charge in [-0.05, 0) is 42.8 Å². The third-order valence-electron chi connectivity index (χ3n) is 4.22. The number of hydrogen-bond donors (Lipinski definition) is 1. The SMILES string of the molecule is COc1ccc2c(C)cc(NN=Cc3ccc4ccccc4n3)nc2c1. The van der Waals surface area contributed by atoms with E-state index in [9.17, 15) is 0 Å². The van der Waals surface area contributed by atoms with Crippen LogP contribution in [-0.4, -0.2) is 23.3 Å². The number of pyridine rings is 2. The van der Waals surface area contributed by atoms with Crippen LogP contribution in [0.1, 0.15) is 11.3 Å². The topological polar surface area (TPSA) is 59.4 Å². The monoisotopic (exact) mass is 342 g/mol. The highest BCUT2D eigenvalue weighted by Crippen LogP contribution is 2.24. The fourth-order valence-corrected chi connectivity index (χ4v) is 2.88. The fraction of sp³-hybridized carbons (Fsp3) is 0.0952. The Bertz CT molecular complexity index is 1120. The normalized spacial score (nSPS) is 11.3. The number of methoxy groups -OCH3 is 1. The van der Waals surface area contributed by atoms with E-state index in [1.54, 1.807) is 13.3 Å². The highest BCUT2D eigenvalue weighted by Gasteiger charge is 2.04. The van der Waals surface area contributed by atoms with E-state index >= 15 is 0 Å². The maximum absolute atomic E-state index is 5.28. The van der Waals surface area contributed by atoms with Crippen molar-refractivity contribution < 1.29 is 4.74 Å². The van der Waals surface area contributed by atoms with Crippen molar-refractivity contribution in [1.82, 2.24) is 9.97 Å². The Hall–Kier alpha value is -3.47. The number of rotatable bonds is 4. The zero-order valence-corrected chi connectivity index (χ0v) is 14.6. The van der Waals surface area contributed by atoms with Crippen molar-refractivity contribution in [2.45, 2.75) is 6.92 Å². The largest absolute Gasteiger partial charge is 0.497 e. The molecule has 0 amide bonds. The van der Waals surface area contributed by atoms with Crippen molar-refractivity contribution in [3.8, 4) is 5.75 Å². The smallest absolute Gasteiger partial charge is 0.147 e. The van der Waals surface area contributed by atoms with Gasteiger partial charge in [0.25, 0.3) is 0 Å². The summed E-state index contributed by atoms with van der Waals surface area (Å²) in [7, 11) is 1.65. The predicted octanol–water partition coefficient (Wildman–Crippen LogP) is 4.55. The average Bonchev–Trinajstić information content (AvgIpc) is 2.67. The van der Waals surface area contributed by atoms with Crippen molar-refractivity contribution in [1.29, 1.82) is 0 Å². The first-order valence-corrected chi connectivity index (χ1v) is 8.33. The lowest BCUT2D eigenvalue weighted by Crippen LogP contribution is -1.97. The maximum Gasteiger partial charge on any atom is 0.147 e. The number of aromatic nitrogens is 2. The number of aryl methyl sites for hydroxylation is 1. The van der Waals surface area contributed by atoms with Crippen LogP contribution in [0.2, 0.25) is 0 Å². The highest BCUT2D eigenvalue weighted by atomic mass is 16.5. The molecule has 0 radical (unpaired) electrons. The lowest BCUT2D eigenvalue weighted by atomic mass is 10.1. The summed E-state index contributed by atoms with van der Waals surface area (Å²) in [6.07, 6.45) is 1.69. The summed E-state index contributed by atoms with van der Waals surface area (Å²) in [5, 5.41) is 6.48. The van der Waals surface area contributed by atoms with Gasteiger partial charge < -0.3 is 4.74 Å². The predicted molar refractivity (Wildman–Crippen MR) is 106 cm³/mol. The second-order valence-electron chi connectivity index (χ2n) is 6.01. The Morgan fingerprint density at radius 1 is 0.962 bits per heavy atom. The summed E-state index contributed by atoms with van der Waals surface area (Å²) < 4.78 is 5.28. The molecule has 5 heteroatoms.